The number of nitrogens with one attached hydrogen (secondary N) is 2. The van der Waals surface area contributed by atoms with E-state index in [4.69, 9.17) is 4.74 Å². The average molecular weight is 308 g/mol. The average Bonchev–Trinajstić information content (AvgIpc) is 2.92. The van der Waals surface area contributed by atoms with Gasteiger partial charge in [-0.1, -0.05) is 24.3 Å². The Balaban J connectivity index is 1.58. The number of aromatic amines is 1. The van der Waals surface area contributed by atoms with Crippen LogP contribution in [0.15, 0.2) is 54.6 Å². The minimum absolute atomic E-state index is 0.126. The number of H-pyrrole nitrogens is 1. The van der Waals surface area contributed by atoms with Crippen LogP contribution < -0.4 is 10.1 Å². The number of para-hydroxylation sites is 1. The Kier molecular flexibility index (Phi) is 4.33. The largest absolute Gasteiger partial charge is 0.481 e. The van der Waals surface area contributed by atoms with Crippen LogP contribution in [0.4, 0.5) is 0 Å². The number of aryl methyl sites for hydroxylation is 1. The fourth-order valence-corrected chi connectivity index (χ4v) is 2.53. The molecule has 4 nitrogen and oxygen atoms in total. The Labute approximate surface area is 135 Å². The Morgan fingerprint density at radius 1 is 1.17 bits per heavy atom. The number of hydrogen-bond acceptors (Lipinski definition) is 2. The molecule has 3 aromatic rings. The highest BCUT2D eigenvalue weighted by atomic mass is 16.5. The molecule has 0 aliphatic rings. The van der Waals surface area contributed by atoms with Crippen LogP contribution in [0.25, 0.3) is 10.9 Å². The van der Waals surface area contributed by atoms with Crippen molar-refractivity contribution >= 4 is 16.8 Å². The van der Waals surface area contributed by atoms with E-state index in [-0.39, 0.29) is 5.91 Å². The van der Waals surface area contributed by atoms with Gasteiger partial charge in [0.15, 0.2) is 6.10 Å². The second-order valence-corrected chi connectivity index (χ2v) is 5.66. The van der Waals surface area contributed by atoms with Gasteiger partial charge in [-0.25, -0.2) is 0 Å². The summed E-state index contributed by atoms with van der Waals surface area (Å²) in [7, 11) is 0. The molecule has 2 N–H and O–H groups in total. The lowest BCUT2D eigenvalue weighted by Crippen LogP contribution is -2.35. The first-order chi connectivity index (χ1) is 11.1. The van der Waals surface area contributed by atoms with Crippen molar-refractivity contribution in [3.8, 4) is 5.75 Å². The van der Waals surface area contributed by atoms with E-state index in [9.17, 15) is 4.79 Å². The van der Waals surface area contributed by atoms with Crippen LogP contribution >= 0.6 is 0 Å². The number of ether oxygens (including phenoxy) is 1. The zero-order valence-electron chi connectivity index (χ0n) is 13.3. The lowest BCUT2D eigenvalue weighted by Gasteiger charge is -2.14. The molecule has 0 bridgehead atoms. The summed E-state index contributed by atoms with van der Waals surface area (Å²) in [5.41, 5.74) is 3.31. The molecule has 0 aliphatic heterocycles. The van der Waals surface area contributed by atoms with E-state index in [2.05, 4.69) is 22.4 Å². The summed E-state index contributed by atoms with van der Waals surface area (Å²) in [6, 6.07) is 17.6. The monoisotopic (exact) mass is 308 g/mol. The predicted octanol–water partition coefficient (Wildman–Crippen LogP) is 3.56. The van der Waals surface area contributed by atoms with Gasteiger partial charge in [-0.05, 0) is 55.1 Å². The zero-order valence-corrected chi connectivity index (χ0v) is 13.3. The second kappa shape index (κ2) is 6.57. The highest BCUT2D eigenvalue weighted by molar-refractivity contribution is 5.82. The maximum Gasteiger partial charge on any atom is 0.261 e. The molecule has 0 aliphatic carbocycles. The molecule has 0 spiro atoms. The third-order valence-electron chi connectivity index (χ3n) is 3.71. The van der Waals surface area contributed by atoms with Crippen LogP contribution in [0, 0.1) is 6.92 Å². The number of carbonyl (C=O) groups excluding carboxylic acids is 1. The standard InChI is InChI=1S/C19H20N2O2/c1-13-10-16-11-15(8-9-18(16)21-13)12-20-19(22)14(2)23-17-6-4-3-5-7-17/h3-11,14,21H,12H2,1-2H3,(H,20,22). The quantitative estimate of drug-likeness (QED) is 0.757. The van der Waals surface area contributed by atoms with Crippen LogP contribution in [-0.4, -0.2) is 17.0 Å². The summed E-state index contributed by atoms with van der Waals surface area (Å²) in [6.45, 7) is 4.27. The second-order valence-electron chi connectivity index (χ2n) is 5.66. The highest BCUT2D eigenvalue weighted by Gasteiger charge is 2.14. The number of carbonyl (C=O) groups is 1. The Morgan fingerprint density at radius 3 is 2.74 bits per heavy atom. The molecule has 4 heteroatoms. The number of hydrogen-bond donors (Lipinski definition) is 2. The van der Waals surface area contributed by atoms with Crippen molar-refractivity contribution in [2.45, 2.75) is 26.5 Å². The first kappa shape index (κ1) is 15.2. The van der Waals surface area contributed by atoms with Gasteiger partial charge in [-0.15, -0.1) is 0 Å². The topological polar surface area (TPSA) is 54.1 Å². The first-order valence-electron chi connectivity index (χ1n) is 7.69. The molecule has 0 radical (unpaired) electrons. The van der Waals surface area contributed by atoms with Crippen LogP contribution in [-0.2, 0) is 11.3 Å². The molecule has 1 unspecified atom stereocenters. The van der Waals surface area contributed by atoms with Gasteiger partial charge < -0.3 is 15.0 Å². The lowest BCUT2D eigenvalue weighted by molar-refractivity contribution is -0.127. The third kappa shape index (κ3) is 3.72. The van der Waals surface area contributed by atoms with E-state index in [1.54, 1.807) is 6.92 Å². The van der Waals surface area contributed by atoms with Gasteiger partial charge in [0.25, 0.3) is 5.91 Å². The van der Waals surface area contributed by atoms with E-state index >= 15 is 0 Å². The van der Waals surface area contributed by atoms with Gasteiger partial charge in [0.05, 0.1) is 0 Å². The Bertz CT molecular complexity index is 809. The van der Waals surface area contributed by atoms with Gasteiger partial charge in [-0.2, -0.15) is 0 Å². The third-order valence-corrected chi connectivity index (χ3v) is 3.71. The fraction of sp³-hybridized carbons (Fsp3) is 0.211. The fourth-order valence-electron chi connectivity index (χ4n) is 2.53. The molecule has 2 aromatic carbocycles. The molecule has 118 valence electrons. The van der Waals surface area contributed by atoms with Crippen molar-refractivity contribution in [3.05, 3.63) is 65.9 Å². The summed E-state index contributed by atoms with van der Waals surface area (Å²) < 4.78 is 5.62. The van der Waals surface area contributed by atoms with E-state index < -0.39 is 6.10 Å². The molecule has 1 amide bonds. The predicted molar refractivity (Wildman–Crippen MR) is 91.4 cm³/mol. The summed E-state index contributed by atoms with van der Waals surface area (Å²) in [5.74, 6) is 0.568. The molecule has 3 rings (SSSR count). The normalized spacial score (nSPS) is 12.1. The van der Waals surface area contributed by atoms with Crippen molar-refractivity contribution in [3.63, 3.8) is 0 Å². The van der Waals surface area contributed by atoms with E-state index in [1.807, 2.05) is 49.4 Å². The summed E-state index contributed by atoms with van der Waals surface area (Å²) in [6.07, 6.45) is -0.532. The Hall–Kier alpha value is -2.75. The molecular weight excluding hydrogens is 288 g/mol. The van der Waals surface area contributed by atoms with Crippen molar-refractivity contribution in [2.24, 2.45) is 0 Å². The summed E-state index contributed by atoms with van der Waals surface area (Å²) >= 11 is 0. The molecule has 1 heterocycles. The SMILES string of the molecule is Cc1cc2cc(CNC(=O)C(C)Oc3ccccc3)ccc2[nH]1. The maximum absolute atomic E-state index is 12.1. The highest BCUT2D eigenvalue weighted by Crippen LogP contribution is 2.17. The molecular formula is C19H20N2O2. The smallest absolute Gasteiger partial charge is 0.261 e. The minimum atomic E-state index is -0.532. The molecule has 0 fully saturated rings. The number of aromatic nitrogens is 1. The zero-order chi connectivity index (χ0) is 16.2. The molecule has 0 saturated carbocycles. The van der Waals surface area contributed by atoms with Crippen molar-refractivity contribution in [2.75, 3.05) is 0 Å². The lowest BCUT2D eigenvalue weighted by atomic mass is 10.1. The van der Waals surface area contributed by atoms with Gasteiger partial charge in [0.1, 0.15) is 5.75 Å². The van der Waals surface area contributed by atoms with Crippen molar-refractivity contribution < 1.29 is 9.53 Å². The number of amides is 1. The molecule has 1 aromatic heterocycles. The summed E-state index contributed by atoms with van der Waals surface area (Å²) in [5, 5.41) is 4.07. The van der Waals surface area contributed by atoms with Gasteiger partial charge in [0, 0.05) is 17.8 Å². The first-order valence-corrected chi connectivity index (χ1v) is 7.69. The van der Waals surface area contributed by atoms with Crippen LogP contribution in [0.2, 0.25) is 0 Å². The van der Waals surface area contributed by atoms with Crippen LogP contribution in [0.5, 0.6) is 5.75 Å². The van der Waals surface area contributed by atoms with Crippen molar-refractivity contribution in [1.29, 1.82) is 0 Å². The molecule has 0 saturated heterocycles. The van der Waals surface area contributed by atoms with Gasteiger partial charge in [-0.3, -0.25) is 4.79 Å². The van der Waals surface area contributed by atoms with Crippen molar-refractivity contribution in [1.82, 2.24) is 10.3 Å². The maximum atomic E-state index is 12.1. The minimum Gasteiger partial charge on any atom is -0.481 e. The number of fused-ring (bicyclic) bond motifs is 1. The van der Waals surface area contributed by atoms with Gasteiger partial charge in [0.2, 0.25) is 0 Å². The summed E-state index contributed by atoms with van der Waals surface area (Å²) in [4.78, 5) is 15.4. The van der Waals surface area contributed by atoms with E-state index in [0.29, 0.717) is 12.3 Å². The number of benzene rings is 2. The Morgan fingerprint density at radius 2 is 1.96 bits per heavy atom. The van der Waals surface area contributed by atoms with Gasteiger partial charge >= 0.3 is 0 Å². The van der Waals surface area contributed by atoms with E-state index in [1.165, 1.54) is 0 Å². The van der Waals surface area contributed by atoms with E-state index in [0.717, 1.165) is 22.2 Å². The van der Waals surface area contributed by atoms with Crippen LogP contribution in [0.3, 0.4) is 0 Å². The number of rotatable bonds is 5. The van der Waals surface area contributed by atoms with Crippen LogP contribution in [0.1, 0.15) is 18.2 Å². The molecule has 23 heavy (non-hydrogen) atoms. The molecule has 1 atom stereocenters.